The molecule has 0 amide bonds. The molecule has 5 heteroatoms. The van der Waals surface area contributed by atoms with Crippen LogP contribution in [0.5, 0.6) is 17.5 Å². The second-order valence-corrected chi connectivity index (χ2v) is 6.10. The highest BCUT2D eigenvalue weighted by molar-refractivity contribution is 14.1. The van der Waals surface area contributed by atoms with Gasteiger partial charge in [0.25, 0.3) is 0 Å². The third-order valence-electron chi connectivity index (χ3n) is 3.04. The lowest BCUT2D eigenvalue weighted by Gasteiger charge is -2.10. The molecule has 1 aromatic heterocycles. The second-order valence-electron chi connectivity index (χ2n) is 4.86. The van der Waals surface area contributed by atoms with E-state index >= 15 is 0 Å². The number of nitrogens with zero attached hydrogens (tertiary/aromatic N) is 1. The van der Waals surface area contributed by atoms with Crippen molar-refractivity contribution in [3.8, 4) is 17.5 Å². The van der Waals surface area contributed by atoms with E-state index in [9.17, 15) is 0 Å². The number of pyridine rings is 1. The highest BCUT2D eigenvalue weighted by Crippen LogP contribution is 2.31. The average molecular weight is 382 g/mol. The molecule has 104 valence electrons. The smallest absolute Gasteiger partial charge is 0.240 e. The molecular formula is C15H15IN2O2. The Morgan fingerprint density at radius 3 is 2.85 bits per heavy atom. The Labute approximate surface area is 131 Å². The molecule has 0 bridgehead atoms. The van der Waals surface area contributed by atoms with Crippen LogP contribution in [0.3, 0.4) is 0 Å². The first-order valence-corrected chi connectivity index (χ1v) is 7.61. The van der Waals surface area contributed by atoms with Gasteiger partial charge in [0.05, 0.1) is 12.3 Å². The van der Waals surface area contributed by atoms with Gasteiger partial charge >= 0.3 is 0 Å². The molecule has 4 nitrogen and oxygen atoms in total. The fraction of sp³-hybridized carbons (Fsp3) is 0.267. The first kappa shape index (κ1) is 13.5. The lowest BCUT2D eigenvalue weighted by atomic mass is 10.3. The normalized spacial score (nSPS) is 14.1. The SMILES string of the molecule is Nc1ccc(Oc2cccc(I)c2)nc1OCC1CC1. The molecule has 1 aliphatic carbocycles. The van der Waals surface area contributed by atoms with E-state index in [1.165, 1.54) is 12.8 Å². The van der Waals surface area contributed by atoms with Crippen molar-refractivity contribution in [3.05, 3.63) is 40.0 Å². The summed E-state index contributed by atoms with van der Waals surface area (Å²) in [5.74, 6) is 2.37. The molecule has 2 aromatic rings. The standard InChI is InChI=1S/C15H15IN2O2/c16-11-2-1-3-12(8-11)20-14-7-6-13(17)15(18-14)19-9-10-4-5-10/h1-3,6-8,10H,4-5,9,17H2. The number of nitrogen functional groups attached to an aromatic ring is 1. The number of halogens is 1. The third kappa shape index (κ3) is 3.53. The molecule has 0 saturated heterocycles. The largest absolute Gasteiger partial charge is 0.476 e. The predicted octanol–water partition coefficient (Wildman–Crippen LogP) is 3.85. The fourth-order valence-electron chi connectivity index (χ4n) is 1.74. The van der Waals surface area contributed by atoms with Crippen molar-refractivity contribution in [2.45, 2.75) is 12.8 Å². The molecule has 0 spiro atoms. The van der Waals surface area contributed by atoms with Gasteiger partial charge < -0.3 is 15.2 Å². The summed E-state index contributed by atoms with van der Waals surface area (Å²) in [5, 5.41) is 0. The van der Waals surface area contributed by atoms with Gasteiger partial charge in [0.15, 0.2) is 0 Å². The molecule has 1 aromatic carbocycles. The lowest BCUT2D eigenvalue weighted by Crippen LogP contribution is -2.04. The lowest BCUT2D eigenvalue weighted by molar-refractivity contribution is 0.286. The van der Waals surface area contributed by atoms with E-state index in [4.69, 9.17) is 15.2 Å². The number of hydrogen-bond acceptors (Lipinski definition) is 4. The number of aromatic nitrogens is 1. The summed E-state index contributed by atoms with van der Waals surface area (Å²) < 4.78 is 12.5. The minimum absolute atomic E-state index is 0.458. The molecule has 1 fully saturated rings. The van der Waals surface area contributed by atoms with Crippen LogP contribution in [0, 0.1) is 9.49 Å². The van der Waals surface area contributed by atoms with Crippen molar-refractivity contribution in [2.24, 2.45) is 5.92 Å². The van der Waals surface area contributed by atoms with Crippen molar-refractivity contribution in [1.29, 1.82) is 0 Å². The van der Waals surface area contributed by atoms with E-state index in [-0.39, 0.29) is 0 Å². The summed E-state index contributed by atoms with van der Waals surface area (Å²) in [4.78, 5) is 4.33. The van der Waals surface area contributed by atoms with Crippen LogP contribution in [0.15, 0.2) is 36.4 Å². The number of ether oxygens (including phenoxy) is 2. The number of nitrogens with two attached hydrogens (primary N) is 1. The quantitative estimate of drug-likeness (QED) is 0.799. The summed E-state index contributed by atoms with van der Waals surface area (Å²) in [6.45, 7) is 0.684. The van der Waals surface area contributed by atoms with E-state index in [0.717, 1.165) is 9.32 Å². The summed E-state index contributed by atoms with van der Waals surface area (Å²) >= 11 is 2.24. The van der Waals surface area contributed by atoms with Crippen LogP contribution in [-0.4, -0.2) is 11.6 Å². The number of anilines is 1. The maximum absolute atomic E-state index is 5.87. The van der Waals surface area contributed by atoms with Gasteiger partial charge in [-0.1, -0.05) is 6.07 Å². The number of hydrogen-bond donors (Lipinski definition) is 1. The summed E-state index contributed by atoms with van der Waals surface area (Å²) in [6.07, 6.45) is 2.47. The fourth-order valence-corrected chi connectivity index (χ4v) is 2.25. The van der Waals surface area contributed by atoms with E-state index in [1.807, 2.05) is 24.3 Å². The van der Waals surface area contributed by atoms with Crippen LogP contribution < -0.4 is 15.2 Å². The van der Waals surface area contributed by atoms with E-state index in [0.29, 0.717) is 30.0 Å². The van der Waals surface area contributed by atoms with Gasteiger partial charge in [-0.3, -0.25) is 0 Å². The maximum Gasteiger partial charge on any atom is 0.240 e. The first-order chi connectivity index (χ1) is 9.70. The number of rotatable bonds is 5. The second kappa shape index (κ2) is 5.87. The Morgan fingerprint density at radius 2 is 2.10 bits per heavy atom. The van der Waals surface area contributed by atoms with Gasteiger partial charge in [-0.05, 0) is 65.6 Å². The van der Waals surface area contributed by atoms with Crippen molar-refractivity contribution in [3.63, 3.8) is 0 Å². The third-order valence-corrected chi connectivity index (χ3v) is 3.71. The zero-order valence-electron chi connectivity index (χ0n) is 10.9. The molecule has 20 heavy (non-hydrogen) atoms. The van der Waals surface area contributed by atoms with Crippen LogP contribution in [0.2, 0.25) is 0 Å². The Hall–Kier alpha value is -1.50. The van der Waals surface area contributed by atoms with Crippen molar-refractivity contribution < 1.29 is 9.47 Å². The van der Waals surface area contributed by atoms with Gasteiger partial charge in [-0.25, -0.2) is 0 Å². The van der Waals surface area contributed by atoms with Crippen LogP contribution in [0.25, 0.3) is 0 Å². The average Bonchev–Trinajstić information content (AvgIpc) is 3.23. The zero-order chi connectivity index (χ0) is 13.9. The van der Waals surface area contributed by atoms with Gasteiger partial charge in [0.1, 0.15) is 5.75 Å². The van der Waals surface area contributed by atoms with Crippen LogP contribution in [0.1, 0.15) is 12.8 Å². The molecule has 0 radical (unpaired) electrons. The Bertz CT molecular complexity index is 615. The van der Waals surface area contributed by atoms with E-state index < -0.39 is 0 Å². The van der Waals surface area contributed by atoms with Gasteiger partial charge in [-0.15, -0.1) is 0 Å². The molecule has 3 rings (SSSR count). The molecule has 1 heterocycles. The maximum atomic E-state index is 5.87. The van der Waals surface area contributed by atoms with E-state index in [1.54, 1.807) is 12.1 Å². The first-order valence-electron chi connectivity index (χ1n) is 6.53. The molecule has 1 saturated carbocycles. The van der Waals surface area contributed by atoms with Crippen LogP contribution in [-0.2, 0) is 0 Å². The van der Waals surface area contributed by atoms with Crippen molar-refractivity contribution >= 4 is 28.3 Å². The monoisotopic (exact) mass is 382 g/mol. The molecule has 0 aliphatic heterocycles. The molecule has 0 atom stereocenters. The topological polar surface area (TPSA) is 57.4 Å². The zero-order valence-corrected chi connectivity index (χ0v) is 13.0. The van der Waals surface area contributed by atoms with Gasteiger partial charge in [0.2, 0.25) is 11.8 Å². The molecular weight excluding hydrogens is 367 g/mol. The summed E-state index contributed by atoms with van der Waals surface area (Å²) in [7, 11) is 0. The van der Waals surface area contributed by atoms with Crippen molar-refractivity contribution in [2.75, 3.05) is 12.3 Å². The predicted molar refractivity (Wildman–Crippen MR) is 86.1 cm³/mol. The molecule has 2 N–H and O–H groups in total. The molecule has 0 unspecified atom stereocenters. The minimum Gasteiger partial charge on any atom is -0.476 e. The highest BCUT2D eigenvalue weighted by atomic mass is 127. The van der Waals surface area contributed by atoms with Gasteiger partial charge in [0, 0.05) is 9.64 Å². The Balaban J connectivity index is 1.73. The minimum atomic E-state index is 0.458. The Morgan fingerprint density at radius 1 is 1.25 bits per heavy atom. The highest BCUT2D eigenvalue weighted by Gasteiger charge is 2.22. The van der Waals surface area contributed by atoms with Gasteiger partial charge in [-0.2, -0.15) is 4.98 Å². The summed E-state index contributed by atoms with van der Waals surface area (Å²) in [6, 6.07) is 11.3. The number of benzene rings is 1. The van der Waals surface area contributed by atoms with Crippen LogP contribution >= 0.6 is 22.6 Å². The van der Waals surface area contributed by atoms with E-state index in [2.05, 4.69) is 27.6 Å². The summed E-state index contributed by atoms with van der Waals surface area (Å²) in [5.41, 5.74) is 6.41. The van der Waals surface area contributed by atoms with Crippen molar-refractivity contribution in [1.82, 2.24) is 4.98 Å². The Kier molecular flexibility index (Phi) is 3.95. The van der Waals surface area contributed by atoms with Crippen LogP contribution in [0.4, 0.5) is 5.69 Å². The molecule has 1 aliphatic rings.